The van der Waals surface area contributed by atoms with Crippen LogP contribution >= 0.6 is 11.6 Å². The molecule has 1 aromatic heterocycles. The first-order valence-corrected chi connectivity index (χ1v) is 4.81. The molecular formula is C11H6ClN3O. The Morgan fingerprint density at radius 2 is 1.94 bits per heavy atom. The fourth-order valence-corrected chi connectivity index (χ4v) is 1.20. The Bertz CT molecular complexity index is 534. The lowest BCUT2D eigenvalue weighted by Gasteiger charge is -2.03. The standard InChI is InChI=1S/C11H6ClN3O/c12-8-1-3-10(4-2-8)16-11-7-14-6-9(5-13)15-11/h1-4,6-7H. The molecule has 1 heterocycles. The zero-order valence-electron chi connectivity index (χ0n) is 8.09. The Kier molecular flexibility index (Phi) is 2.99. The zero-order valence-corrected chi connectivity index (χ0v) is 8.85. The van der Waals surface area contributed by atoms with E-state index < -0.39 is 0 Å². The number of benzene rings is 1. The van der Waals surface area contributed by atoms with Gasteiger partial charge in [0.2, 0.25) is 5.88 Å². The number of ether oxygens (including phenoxy) is 1. The van der Waals surface area contributed by atoms with E-state index >= 15 is 0 Å². The summed E-state index contributed by atoms with van der Waals surface area (Å²) >= 11 is 5.74. The van der Waals surface area contributed by atoms with Crippen LogP contribution in [-0.2, 0) is 0 Å². The second-order valence-electron chi connectivity index (χ2n) is 2.91. The van der Waals surface area contributed by atoms with Gasteiger partial charge in [-0.05, 0) is 24.3 Å². The van der Waals surface area contributed by atoms with Gasteiger partial charge in [-0.1, -0.05) is 11.6 Å². The van der Waals surface area contributed by atoms with Gasteiger partial charge in [0.25, 0.3) is 0 Å². The normalized spacial score (nSPS) is 9.50. The average molecular weight is 232 g/mol. The van der Waals surface area contributed by atoms with Crippen LogP contribution in [0, 0.1) is 11.3 Å². The van der Waals surface area contributed by atoms with E-state index in [-0.39, 0.29) is 11.6 Å². The third kappa shape index (κ3) is 2.47. The van der Waals surface area contributed by atoms with Crippen LogP contribution in [0.25, 0.3) is 0 Å². The Hall–Kier alpha value is -2.12. The van der Waals surface area contributed by atoms with E-state index in [0.717, 1.165) is 0 Å². The number of aromatic nitrogens is 2. The van der Waals surface area contributed by atoms with E-state index in [4.69, 9.17) is 21.6 Å². The van der Waals surface area contributed by atoms with Crippen LogP contribution < -0.4 is 4.74 Å². The summed E-state index contributed by atoms with van der Waals surface area (Å²) in [6.45, 7) is 0. The van der Waals surface area contributed by atoms with Gasteiger partial charge in [0, 0.05) is 5.02 Å². The van der Waals surface area contributed by atoms with Gasteiger partial charge >= 0.3 is 0 Å². The van der Waals surface area contributed by atoms with Crippen molar-refractivity contribution in [2.75, 3.05) is 0 Å². The van der Waals surface area contributed by atoms with Gasteiger partial charge in [-0.25, -0.2) is 0 Å². The lowest BCUT2D eigenvalue weighted by atomic mass is 10.3. The summed E-state index contributed by atoms with van der Waals surface area (Å²) in [5.74, 6) is 0.871. The van der Waals surface area contributed by atoms with Crippen LogP contribution in [0.3, 0.4) is 0 Å². The maximum atomic E-state index is 8.64. The highest BCUT2D eigenvalue weighted by Crippen LogP contribution is 2.20. The molecule has 16 heavy (non-hydrogen) atoms. The molecule has 0 spiro atoms. The number of halogens is 1. The lowest BCUT2D eigenvalue weighted by molar-refractivity contribution is 0.459. The monoisotopic (exact) mass is 231 g/mol. The minimum absolute atomic E-state index is 0.214. The number of hydrogen-bond acceptors (Lipinski definition) is 4. The summed E-state index contributed by atoms with van der Waals surface area (Å²) in [6.07, 6.45) is 2.81. The number of nitrogens with zero attached hydrogens (tertiary/aromatic N) is 3. The van der Waals surface area contributed by atoms with E-state index in [1.165, 1.54) is 12.4 Å². The Labute approximate surface area is 97.1 Å². The van der Waals surface area contributed by atoms with Crippen molar-refractivity contribution < 1.29 is 4.74 Å². The quantitative estimate of drug-likeness (QED) is 0.797. The summed E-state index contributed by atoms with van der Waals surface area (Å²) in [7, 11) is 0. The largest absolute Gasteiger partial charge is 0.437 e. The van der Waals surface area contributed by atoms with Crippen LogP contribution in [0.4, 0.5) is 0 Å². The molecule has 0 bridgehead atoms. The highest BCUT2D eigenvalue weighted by Gasteiger charge is 2.00. The highest BCUT2D eigenvalue weighted by molar-refractivity contribution is 6.30. The Morgan fingerprint density at radius 1 is 1.19 bits per heavy atom. The molecule has 78 valence electrons. The maximum absolute atomic E-state index is 8.64. The smallest absolute Gasteiger partial charge is 0.239 e. The van der Waals surface area contributed by atoms with Gasteiger partial charge < -0.3 is 4.74 Å². The van der Waals surface area contributed by atoms with E-state index in [2.05, 4.69) is 9.97 Å². The molecule has 0 aliphatic heterocycles. The SMILES string of the molecule is N#Cc1cncc(Oc2ccc(Cl)cc2)n1. The first-order valence-electron chi connectivity index (χ1n) is 4.43. The molecule has 4 nitrogen and oxygen atoms in total. The minimum atomic E-state index is 0.214. The van der Waals surface area contributed by atoms with Crippen molar-refractivity contribution in [3.8, 4) is 17.7 Å². The Morgan fingerprint density at radius 3 is 2.62 bits per heavy atom. The summed E-state index contributed by atoms with van der Waals surface area (Å²) in [6, 6.07) is 8.72. The molecule has 0 saturated carbocycles. The number of rotatable bonds is 2. The molecule has 0 N–H and O–H groups in total. The summed E-state index contributed by atoms with van der Waals surface area (Å²) in [4.78, 5) is 7.76. The van der Waals surface area contributed by atoms with Gasteiger partial charge in [-0.2, -0.15) is 10.2 Å². The fourth-order valence-electron chi connectivity index (χ4n) is 1.07. The van der Waals surface area contributed by atoms with Crippen molar-refractivity contribution in [3.63, 3.8) is 0 Å². The molecule has 2 rings (SSSR count). The van der Waals surface area contributed by atoms with Crippen LogP contribution in [-0.4, -0.2) is 9.97 Å². The predicted molar refractivity (Wildman–Crippen MR) is 58.3 cm³/mol. The second kappa shape index (κ2) is 4.60. The van der Waals surface area contributed by atoms with Crippen molar-refractivity contribution in [1.82, 2.24) is 9.97 Å². The summed E-state index contributed by atoms with van der Waals surface area (Å²) < 4.78 is 5.39. The predicted octanol–water partition coefficient (Wildman–Crippen LogP) is 2.79. The molecular weight excluding hydrogens is 226 g/mol. The zero-order chi connectivity index (χ0) is 11.4. The molecule has 1 aromatic carbocycles. The molecule has 0 amide bonds. The van der Waals surface area contributed by atoms with Crippen LogP contribution in [0.15, 0.2) is 36.7 Å². The molecule has 0 radical (unpaired) electrons. The van der Waals surface area contributed by atoms with Gasteiger partial charge in [0.05, 0.1) is 12.4 Å². The molecule has 0 unspecified atom stereocenters. The fraction of sp³-hybridized carbons (Fsp3) is 0. The van der Waals surface area contributed by atoms with E-state index in [9.17, 15) is 0 Å². The lowest BCUT2D eigenvalue weighted by Crippen LogP contribution is -1.91. The van der Waals surface area contributed by atoms with Gasteiger partial charge in [-0.15, -0.1) is 0 Å². The van der Waals surface area contributed by atoms with E-state index in [1.807, 2.05) is 6.07 Å². The number of nitriles is 1. The molecule has 2 aromatic rings. The average Bonchev–Trinajstić information content (AvgIpc) is 2.32. The second-order valence-corrected chi connectivity index (χ2v) is 3.35. The first-order chi connectivity index (χ1) is 7.78. The molecule has 5 heteroatoms. The van der Waals surface area contributed by atoms with Crippen LogP contribution in [0.2, 0.25) is 5.02 Å². The van der Waals surface area contributed by atoms with Crippen molar-refractivity contribution >= 4 is 11.6 Å². The summed E-state index contributed by atoms with van der Waals surface area (Å²) in [5, 5.41) is 9.27. The third-order valence-electron chi connectivity index (χ3n) is 1.76. The number of hydrogen-bond donors (Lipinski definition) is 0. The first kappa shape index (κ1) is 10.4. The van der Waals surface area contributed by atoms with Crippen molar-refractivity contribution in [2.24, 2.45) is 0 Å². The van der Waals surface area contributed by atoms with E-state index in [0.29, 0.717) is 10.8 Å². The van der Waals surface area contributed by atoms with Gasteiger partial charge in [-0.3, -0.25) is 4.98 Å². The van der Waals surface area contributed by atoms with Crippen LogP contribution in [0.5, 0.6) is 11.6 Å². The molecule has 0 atom stereocenters. The van der Waals surface area contributed by atoms with E-state index in [1.54, 1.807) is 24.3 Å². The molecule has 0 saturated heterocycles. The maximum Gasteiger partial charge on any atom is 0.239 e. The van der Waals surface area contributed by atoms with Crippen molar-refractivity contribution in [2.45, 2.75) is 0 Å². The van der Waals surface area contributed by atoms with Crippen LogP contribution in [0.1, 0.15) is 5.69 Å². The third-order valence-corrected chi connectivity index (χ3v) is 2.02. The molecule has 0 fully saturated rings. The molecule has 0 aliphatic rings. The van der Waals surface area contributed by atoms with Gasteiger partial charge in [0.15, 0.2) is 5.69 Å². The van der Waals surface area contributed by atoms with Gasteiger partial charge in [0.1, 0.15) is 11.8 Å². The van der Waals surface area contributed by atoms with Crippen molar-refractivity contribution in [3.05, 3.63) is 47.4 Å². The highest BCUT2D eigenvalue weighted by atomic mass is 35.5. The minimum Gasteiger partial charge on any atom is -0.437 e. The summed E-state index contributed by atoms with van der Waals surface area (Å²) in [5.41, 5.74) is 0.214. The Balaban J connectivity index is 2.21. The topological polar surface area (TPSA) is 58.8 Å². The van der Waals surface area contributed by atoms with Crippen molar-refractivity contribution in [1.29, 1.82) is 5.26 Å². The molecule has 0 aliphatic carbocycles.